The molecule has 2 amide bonds. The Morgan fingerprint density at radius 2 is 1.74 bits per heavy atom. The van der Waals surface area contributed by atoms with Crippen molar-refractivity contribution < 1.29 is 46.8 Å². The Morgan fingerprint density at radius 3 is 2.35 bits per heavy atom. The predicted molar refractivity (Wildman–Crippen MR) is 76.8 cm³/mol. The molecule has 122 valence electrons. The monoisotopic (exact) mass is 393 g/mol. The molecule has 0 radical (unpaired) electrons. The molecule has 0 unspecified atom stereocenters. The summed E-state index contributed by atoms with van der Waals surface area (Å²) in [6.07, 6.45) is -0.696. The first-order valence-corrected chi connectivity index (χ1v) is 8.09. The van der Waals surface area contributed by atoms with E-state index in [0.29, 0.717) is 0 Å². The van der Waals surface area contributed by atoms with Crippen LogP contribution in [-0.4, -0.2) is 43.8 Å². The van der Waals surface area contributed by atoms with Gasteiger partial charge in [0.25, 0.3) is 0 Å². The summed E-state index contributed by atoms with van der Waals surface area (Å²) in [5, 5.41) is 4.65. The second-order valence-corrected chi connectivity index (χ2v) is 5.87. The largest absolute Gasteiger partial charge is 2.00 e. The summed E-state index contributed by atoms with van der Waals surface area (Å²) in [5.74, 6) is -1.13. The maximum Gasteiger partial charge on any atom is 2.00 e. The van der Waals surface area contributed by atoms with Crippen LogP contribution in [0, 0.1) is 0 Å². The first-order valence-electron chi connectivity index (χ1n) is 6.51. The van der Waals surface area contributed by atoms with Crippen molar-refractivity contribution in [2.45, 2.75) is 13.0 Å². The maximum atomic E-state index is 11.4. The molecule has 0 bridgehead atoms. The normalized spacial score (nSPS) is 10.3. The predicted octanol–water partition coefficient (Wildman–Crippen LogP) is -0.0382. The molecule has 8 nitrogen and oxygen atoms in total. The molecule has 0 aliphatic rings. The van der Waals surface area contributed by atoms with Crippen LogP contribution in [0.2, 0.25) is 0 Å². The van der Waals surface area contributed by atoms with Crippen molar-refractivity contribution in [2.75, 3.05) is 18.8 Å². The molecule has 0 spiro atoms. The average molecular weight is 395 g/mol. The van der Waals surface area contributed by atoms with E-state index in [1.165, 1.54) is 0 Å². The van der Waals surface area contributed by atoms with E-state index < -0.39 is 27.9 Å². The zero-order valence-electron chi connectivity index (χ0n) is 12.5. The number of carbonyl (C=O) groups is 2. The van der Waals surface area contributed by atoms with Gasteiger partial charge in [-0.05, 0) is 5.56 Å². The summed E-state index contributed by atoms with van der Waals surface area (Å²) in [6.45, 7) is -0.0765. The summed E-state index contributed by atoms with van der Waals surface area (Å²) in [4.78, 5) is 22.6. The number of rotatable bonds is 8. The summed E-state index contributed by atoms with van der Waals surface area (Å²) >= 11 is 0. The summed E-state index contributed by atoms with van der Waals surface area (Å²) in [5.41, 5.74) is 0.842. The molecule has 0 aliphatic heterocycles. The van der Waals surface area contributed by atoms with E-state index in [1.54, 1.807) is 0 Å². The number of benzene rings is 1. The molecule has 0 fully saturated rings. The Morgan fingerprint density at radius 1 is 1.09 bits per heavy atom. The topological polar surface area (TPSA) is 125 Å². The summed E-state index contributed by atoms with van der Waals surface area (Å²) in [6, 6.07) is 9.11. The first kappa shape index (κ1) is 21.5. The Hall–Kier alpha value is -1.51. The van der Waals surface area contributed by atoms with Gasteiger partial charge in [-0.2, -0.15) is 0 Å². The van der Waals surface area contributed by atoms with Gasteiger partial charge in [0.1, 0.15) is 6.61 Å². The van der Waals surface area contributed by atoms with E-state index in [4.69, 9.17) is 4.74 Å². The molecule has 0 aromatic heterocycles. The van der Waals surface area contributed by atoms with Crippen LogP contribution < -0.4 is 10.6 Å². The van der Waals surface area contributed by atoms with E-state index in [9.17, 15) is 22.6 Å². The molecule has 0 atom stereocenters. The smallest absolute Gasteiger partial charge is 0.748 e. The van der Waals surface area contributed by atoms with Crippen molar-refractivity contribution in [3.8, 4) is 0 Å². The van der Waals surface area contributed by atoms with E-state index in [1.807, 2.05) is 30.3 Å². The Balaban J connectivity index is 0.00000484. The number of amides is 2. The summed E-state index contributed by atoms with van der Waals surface area (Å²) < 4.78 is 35.9. The zero-order chi connectivity index (χ0) is 16.4. The van der Waals surface area contributed by atoms with E-state index >= 15 is 0 Å². The van der Waals surface area contributed by atoms with Gasteiger partial charge in [0.2, 0.25) is 5.91 Å². The number of ether oxygens (including phenoxy) is 1. The van der Waals surface area contributed by atoms with Crippen LogP contribution in [0.3, 0.4) is 0 Å². The van der Waals surface area contributed by atoms with Crippen LogP contribution in [0.1, 0.15) is 12.0 Å². The molecule has 0 saturated carbocycles. The van der Waals surface area contributed by atoms with Gasteiger partial charge in [0.05, 0.1) is 15.9 Å². The number of alkyl carbamates (subject to hydrolysis) is 1. The van der Waals surface area contributed by atoms with Gasteiger partial charge in [-0.25, -0.2) is 13.2 Å². The van der Waals surface area contributed by atoms with Crippen LogP contribution in [0.4, 0.5) is 4.79 Å². The van der Waals surface area contributed by atoms with E-state index in [2.05, 4.69) is 10.6 Å². The van der Waals surface area contributed by atoms with Gasteiger partial charge in [0.15, 0.2) is 0 Å². The number of nitrogens with one attached hydrogen (secondary N) is 2. The molecule has 1 aromatic rings. The molecule has 0 saturated heterocycles. The SMILES string of the molecule is O=C(CCNC(=O)OCc1ccccc1)NCCS(=O)(=O)[O-].[Zn+2]. The maximum absolute atomic E-state index is 11.4. The number of hydrogen-bond donors (Lipinski definition) is 2. The van der Waals surface area contributed by atoms with Crippen molar-refractivity contribution in [3.05, 3.63) is 35.9 Å². The molecule has 10 heteroatoms. The zero-order valence-corrected chi connectivity index (χ0v) is 16.3. The quantitative estimate of drug-likeness (QED) is 0.471. The van der Waals surface area contributed by atoms with Crippen LogP contribution in [0.25, 0.3) is 0 Å². The van der Waals surface area contributed by atoms with Crippen LogP contribution in [0.5, 0.6) is 0 Å². The number of carbonyl (C=O) groups excluding carboxylic acids is 2. The van der Waals surface area contributed by atoms with Gasteiger partial charge < -0.3 is 19.9 Å². The van der Waals surface area contributed by atoms with Gasteiger partial charge in [-0.15, -0.1) is 0 Å². The third-order valence-electron chi connectivity index (χ3n) is 2.51. The molecular weight excluding hydrogens is 378 g/mol. The fraction of sp³-hybridized carbons (Fsp3) is 0.385. The minimum Gasteiger partial charge on any atom is -0.748 e. The van der Waals surface area contributed by atoms with Crippen molar-refractivity contribution in [2.24, 2.45) is 0 Å². The molecular formula is C13H17N2O6SZn+. The molecule has 1 aromatic carbocycles. The van der Waals surface area contributed by atoms with Gasteiger partial charge in [0, 0.05) is 19.5 Å². The van der Waals surface area contributed by atoms with Crippen LogP contribution in [0.15, 0.2) is 30.3 Å². The fourth-order valence-electron chi connectivity index (χ4n) is 1.46. The Labute approximate surface area is 147 Å². The first-order chi connectivity index (χ1) is 10.4. The average Bonchev–Trinajstić information content (AvgIpc) is 2.45. The standard InChI is InChI=1S/C13H18N2O6S.Zn/c16-12(14-8-9-22(18,19)20)6-7-15-13(17)21-10-11-4-2-1-3-5-11;/h1-5H,6-10H2,(H,14,16)(H,15,17)(H,18,19,20);/q;+2/p-1. The fourth-order valence-corrected chi connectivity index (χ4v) is 1.81. The molecule has 0 heterocycles. The van der Waals surface area contributed by atoms with Gasteiger partial charge >= 0.3 is 25.6 Å². The summed E-state index contributed by atoms with van der Waals surface area (Å²) in [7, 11) is -4.34. The minimum atomic E-state index is -4.34. The Bertz CT molecular complexity index is 594. The van der Waals surface area contributed by atoms with Crippen LogP contribution in [-0.2, 0) is 45.7 Å². The third kappa shape index (κ3) is 11.7. The van der Waals surface area contributed by atoms with E-state index in [-0.39, 0.29) is 45.6 Å². The molecule has 2 N–H and O–H groups in total. The minimum absolute atomic E-state index is 0. The third-order valence-corrected chi connectivity index (χ3v) is 3.21. The van der Waals surface area contributed by atoms with E-state index in [0.717, 1.165) is 5.56 Å². The van der Waals surface area contributed by atoms with Crippen molar-refractivity contribution in [3.63, 3.8) is 0 Å². The Kier molecular flexibility index (Phi) is 10.4. The molecule has 1 rings (SSSR count). The second kappa shape index (κ2) is 11.1. The van der Waals surface area contributed by atoms with Crippen molar-refractivity contribution in [1.29, 1.82) is 0 Å². The van der Waals surface area contributed by atoms with Crippen LogP contribution >= 0.6 is 0 Å². The second-order valence-electron chi connectivity index (χ2n) is 4.35. The van der Waals surface area contributed by atoms with Gasteiger partial charge in [-0.1, -0.05) is 30.3 Å². The van der Waals surface area contributed by atoms with Crippen molar-refractivity contribution >= 4 is 22.1 Å². The molecule has 0 aliphatic carbocycles. The number of hydrogen-bond acceptors (Lipinski definition) is 6. The van der Waals surface area contributed by atoms with Gasteiger partial charge in [-0.3, -0.25) is 4.79 Å². The molecule has 23 heavy (non-hydrogen) atoms. The van der Waals surface area contributed by atoms with Crippen molar-refractivity contribution in [1.82, 2.24) is 10.6 Å².